The number of benzene rings is 2. The fourth-order valence-electron chi connectivity index (χ4n) is 2.91. The Kier molecular flexibility index (Phi) is 5.49. The Morgan fingerprint density at radius 1 is 1.00 bits per heavy atom. The summed E-state index contributed by atoms with van der Waals surface area (Å²) in [6.45, 7) is 7.23. The lowest BCUT2D eigenvalue weighted by Crippen LogP contribution is -2.50. The van der Waals surface area contributed by atoms with Crippen LogP contribution in [-0.2, 0) is 4.79 Å². The van der Waals surface area contributed by atoms with E-state index in [4.69, 9.17) is 16.3 Å². The van der Waals surface area contributed by atoms with Crippen molar-refractivity contribution in [3.63, 3.8) is 0 Å². The first-order valence-electron chi connectivity index (χ1n) is 8.51. The molecule has 3 rings (SSSR count). The Balaban J connectivity index is 1.49. The molecule has 1 heterocycles. The van der Waals surface area contributed by atoms with Crippen molar-refractivity contribution < 1.29 is 9.53 Å². The summed E-state index contributed by atoms with van der Waals surface area (Å²) < 4.78 is 5.66. The number of carbonyl (C=O) groups is 1. The van der Waals surface area contributed by atoms with E-state index in [1.165, 1.54) is 11.1 Å². The molecule has 2 aromatic rings. The minimum absolute atomic E-state index is 0.0361. The van der Waals surface area contributed by atoms with Crippen LogP contribution >= 0.6 is 11.6 Å². The normalized spacial score (nSPS) is 14.5. The number of hydrogen-bond donors (Lipinski definition) is 0. The molecule has 0 aromatic heterocycles. The van der Waals surface area contributed by atoms with E-state index in [0.717, 1.165) is 29.5 Å². The van der Waals surface area contributed by atoms with Crippen molar-refractivity contribution in [1.29, 1.82) is 0 Å². The van der Waals surface area contributed by atoms with E-state index in [1.54, 1.807) is 0 Å². The van der Waals surface area contributed by atoms with Crippen LogP contribution in [0.4, 0.5) is 5.69 Å². The smallest absolute Gasteiger partial charge is 0.260 e. The van der Waals surface area contributed by atoms with Gasteiger partial charge in [0.15, 0.2) is 6.61 Å². The van der Waals surface area contributed by atoms with Crippen LogP contribution in [0.15, 0.2) is 42.5 Å². The lowest BCUT2D eigenvalue weighted by atomic mass is 10.1. The van der Waals surface area contributed by atoms with Gasteiger partial charge in [-0.2, -0.15) is 0 Å². The summed E-state index contributed by atoms with van der Waals surface area (Å²) in [5.41, 5.74) is 3.53. The molecule has 0 unspecified atom stereocenters. The standard InChI is InChI=1S/C20H23ClN2O2/c1-15-3-8-19(13-16(15)2)25-14-20(24)23-11-9-22(10-12-23)18-6-4-17(21)5-7-18/h3-8,13H,9-12,14H2,1-2H3. The predicted molar refractivity (Wildman–Crippen MR) is 102 cm³/mol. The number of ether oxygens (including phenoxy) is 1. The maximum absolute atomic E-state index is 12.4. The van der Waals surface area contributed by atoms with Crippen LogP contribution in [0.5, 0.6) is 5.75 Å². The average molecular weight is 359 g/mol. The maximum Gasteiger partial charge on any atom is 0.260 e. The summed E-state index contributed by atoms with van der Waals surface area (Å²) in [5.74, 6) is 0.783. The van der Waals surface area contributed by atoms with Gasteiger partial charge in [0.05, 0.1) is 0 Å². The van der Waals surface area contributed by atoms with Crippen LogP contribution in [0.3, 0.4) is 0 Å². The lowest BCUT2D eigenvalue weighted by molar-refractivity contribution is -0.133. The molecule has 0 atom stereocenters. The third kappa shape index (κ3) is 4.45. The first-order valence-corrected chi connectivity index (χ1v) is 8.89. The van der Waals surface area contributed by atoms with Crippen molar-refractivity contribution in [3.8, 4) is 5.75 Å². The zero-order valence-electron chi connectivity index (χ0n) is 14.7. The van der Waals surface area contributed by atoms with Crippen molar-refractivity contribution in [1.82, 2.24) is 4.90 Å². The largest absolute Gasteiger partial charge is 0.484 e. The second-order valence-electron chi connectivity index (χ2n) is 6.38. The van der Waals surface area contributed by atoms with Gasteiger partial charge in [-0.1, -0.05) is 17.7 Å². The Labute approximate surface area is 154 Å². The molecule has 0 aliphatic carbocycles. The summed E-state index contributed by atoms with van der Waals surface area (Å²) in [7, 11) is 0. The van der Waals surface area contributed by atoms with E-state index >= 15 is 0 Å². The fraction of sp³-hybridized carbons (Fsp3) is 0.350. The highest BCUT2D eigenvalue weighted by atomic mass is 35.5. The fourth-order valence-corrected chi connectivity index (χ4v) is 3.03. The molecule has 1 saturated heterocycles. The number of carbonyl (C=O) groups excluding carboxylic acids is 1. The molecule has 0 saturated carbocycles. The average Bonchev–Trinajstić information content (AvgIpc) is 2.63. The van der Waals surface area contributed by atoms with Crippen molar-refractivity contribution >= 4 is 23.2 Å². The van der Waals surface area contributed by atoms with Crippen LogP contribution in [0.1, 0.15) is 11.1 Å². The summed E-state index contributed by atoms with van der Waals surface area (Å²) >= 11 is 5.93. The quantitative estimate of drug-likeness (QED) is 0.835. The molecule has 0 bridgehead atoms. The van der Waals surface area contributed by atoms with Crippen molar-refractivity contribution in [2.45, 2.75) is 13.8 Å². The summed E-state index contributed by atoms with van der Waals surface area (Å²) in [6.07, 6.45) is 0. The zero-order chi connectivity index (χ0) is 17.8. The molecule has 25 heavy (non-hydrogen) atoms. The Morgan fingerprint density at radius 3 is 2.32 bits per heavy atom. The van der Waals surface area contributed by atoms with Crippen LogP contribution in [-0.4, -0.2) is 43.6 Å². The summed E-state index contributed by atoms with van der Waals surface area (Å²) in [6, 6.07) is 13.7. The molecule has 4 nitrogen and oxygen atoms in total. The molecule has 0 N–H and O–H groups in total. The van der Waals surface area contributed by atoms with Gasteiger partial charge in [0.1, 0.15) is 5.75 Å². The third-order valence-electron chi connectivity index (χ3n) is 4.66. The van der Waals surface area contributed by atoms with Gasteiger partial charge in [-0.3, -0.25) is 4.79 Å². The molecule has 1 aliphatic rings. The van der Waals surface area contributed by atoms with E-state index in [-0.39, 0.29) is 12.5 Å². The summed E-state index contributed by atoms with van der Waals surface area (Å²) in [4.78, 5) is 16.5. The SMILES string of the molecule is Cc1ccc(OCC(=O)N2CCN(c3ccc(Cl)cc3)CC2)cc1C. The molecular formula is C20H23ClN2O2. The highest BCUT2D eigenvalue weighted by Gasteiger charge is 2.21. The number of amides is 1. The minimum Gasteiger partial charge on any atom is -0.484 e. The number of aryl methyl sites for hydroxylation is 2. The summed E-state index contributed by atoms with van der Waals surface area (Å²) in [5, 5.41) is 0.737. The van der Waals surface area contributed by atoms with Crippen LogP contribution in [0, 0.1) is 13.8 Å². The van der Waals surface area contributed by atoms with Crippen molar-refractivity contribution in [2.75, 3.05) is 37.7 Å². The number of anilines is 1. The first kappa shape index (κ1) is 17.6. The van der Waals surface area contributed by atoms with Gasteiger partial charge in [0.2, 0.25) is 0 Å². The number of rotatable bonds is 4. The van der Waals surface area contributed by atoms with Crippen molar-refractivity contribution in [2.24, 2.45) is 0 Å². The van der Waals surface area contributed by atoms with Gasteiger partial charge in [0.25, 0.3) is 5.91 Å². The second-order valence-corrected chi connectivity index (χ2v) is 6.82. The monoisotopic (exact) mass is 358 g/mol. The van der Waals surface area contributed by atoms with Gasteiger partial charge in [-0.05, 0) is 61.4 Å². The van der Waals surface area contributed by atoms with E-state index in [9.17, 15) is 4.79 Å². The van der Waals surface area contributed by atoms with E-state index in [0.29, 0.717) is 13.1 Å². The van der Waals surface area contributed by atoms with Gasteiger partial charge in [-0.15, -0.1) is 0 Å². The zero-order valence-corrected chi connectivity index (χ0v) is 15.4. The van der Waals surface area contributed by atoms with Gasteiger partial charge >= 0.3 is 0 Å². The molecular weight excluding hydrogens is 336 g/mol. The molecule has 0 spiro atoms. The molecule has 1 fully saturated rings. The third-order valence-corrected chi connectivity index (χ3v) is 4.92. The molecule has 2 aromatic carbocycles. The molecule has 1 amide bonds. The number of halogens is 1. The van der Waals surface area contributed by atoms with Gasteiger partial charge in [0, 0.05) is 36.9 Å². The molecule has 0 radical (unpaired) electrons. The van der Waals surface area contributed by atoms with E-state index < -0.39 is 0 Å². The second kappa shape index (κ2) is 7.79. The van der Waals surface area contributed by atoms with Gasteiger partial charge < -0.3 is 14.5 Å². The van der Waals surface area contributed by atoms with Gasteiger partial charge in [-0.25, -0.2) is 0 Å². The molecule has 5 heteroatoms. The molecule has 132 valence electrons. The Morgan fingerprint density at radius 2 is 1.68 bits per heavy atom. The number of nitrogens with zero attached hydrogens (tertiary/aromatic N) is 2. The highest BCUT2D eigenvalue weighted by molar-refractivity contribution is 6.30. The highest BCUT2D eigenvalue weighted by Crippen LogP contribution is 2.20. The van der Waals surface area contributed by atoms with E-state index in [1.807, 2.05) is 54.3 Å². The van der Waals surface area contributed by atoms with Crippen LogP contribution in [0.25, 0.3) is 0 Å². The topological polar surface area (TPSA) is 32.8 Å². The first-order chi connectivity index (χ1) is 12.0. The van der Waals surface area contributed by atoms with Crippen molar-refractivity contribution in [3.05, 3.63) is 58.6 Å². The minimum atomic E-state index is 0.0361. The van der Waals surface area contributed by atoms with E-state index in [2.05, 4.69) is 11.8 Å². The number of hydrogen-bond acceptors (Lipinski definition) is 3. The predicted octanol–water partition coefficient (Wildman–Crippen LogP) is 3.68. The van der Waals surface area contributed by atoms with Crippen LogP contribution < -0.4 is 9.64 Å². The Bertz CT molecular complexity index is 738. The maximum atomic E-state index is 12.4. The Hall–Kier alpha value is -2.20. The molecule has 1 aliphatic heterocycles. The van der Waals surface area contributed by atoms with Crippen LogP contribution in [0.2, 0.25) is 5.02 Å². The number of piperazine rings is 1. The lowest BCUT2D eigenvalue weighted by Gasteiger charge is -2.36.